The lowest BCUT2D eigenvalue weighted by molar-refractivity contribution is 0.141. The van der Waals surface area contributed by atoms with Gasteiger partial charge in [0.1, 0.15) is 5.75 Å². The SMILES string of the molecule is COc1ccc(Br)c(CC(C)(C)C2CCC(C)CC2Cl)c1. The van der Waals surface area contributed by atoms with E-state index < -0.39 is 0 Å². The third-order valence-corrected chi connectivity index (χ3v) is 6.19. The van der Waals surface area contributed by atoms with Crippen LogP contribution in [0.4, 0.5) is 0 Å². The van der Waals surface area contributed by atoms with E-state index in [4.69, 9.17) is 16.3 Å². The number of rotatable bonds is 4. The van der Waals surface area contributed by atoms with Gasteiger partial charge in [0.25, 0.3) is 0 Å². The highest BCUT2D eigenvalue weighted by molar-refractivity contribution is 9.10. The summed E-state index contributed by atoms with van der Waals surface area (Å²) in [6.45, 7) is 7.03. The lowest BCUT2D eigenvalue weighted by Gasteiger charge is -2.42. The van der Waals surface area contributed by atoms with Crippen molar-refractivity contribution >= 4 is 27.5 Å². The molecule has 0 aromatic heterocycles. The van der Waals surface area contributed by atoms with Gasteiger partial charge in [-0.05, 0) is 60.3 Å². The predicted molar refractivity (Wildman–Crippen MR) is 94.3 cm³/mol. The summed E-state index contributed by atoms with van der Waals surface area (Å²) in [5.74, 6) is 2.26. The highest BCUT2D eigenvalue weighted by atomic mass is 79.9. The van der Waals surface area contributed by atoms with Crippen LogP contribution in [0.3, 0.4) is 0 Å². The summed E-state index contributed by atoms with van der Waals surface area (Å²) in [5.41, 5.74) is 1.50. The molecule has 0 amide bonds. The summed E-state index contributed by atoms with van der Waals surface area (Å²) in [5, 5.41) is 0.299. The molecular weight excluding hydrogens is 348 g/mol. The second kappa shape index (κ2) is 6.91. The van der Waals surface area contributed by atoms with Crippen LogP contribution in [0.1, 0.15) is 45.6 Å². The van der Waals surface area contributed by atoms with Gasteiger partial charge in [0.2, 0.25) is 0 Å². The third-order valence-electron chi connectivity index (χ3n) is 4.94. The number of alkyl halides is 1. The van der Waals surface area contributed by atoms with Crippen molar-refractivity contribution < 1.29 is 4.74 Å². The van der Waals surface area contributed by atoms with Crippen molar-refractivity contribution in [3.63, 3.8) is 0 Å². The average molecular weight is 374 g/mol. The molecule has 0 saturated heterocycles. The normalized spacial score (nSPS) is 26.7. The van der Waals surface area contributed by atoms with Crippen LogP contribution in [0.15, 0.2) is 22.7 Å². The van der Waals surface area contributed by atoms with Crippen LogP contribution >= 0.6 is 27.5 Å². The van der Waals surface area contributed by atoms with Gasteiger partial charge in [0, 0.05) is 9.85 Å². The van der Waals surface area contributed by atoms with Crippen LogP contribution < -0.4 is 4.74 Å². The Bertz CT molecular complexity index is 486. The van der Waals surface area contributed by atoms with Gasteiger partial charge in [-0.3, -0.25) is 0 Å². The summed E-state index contributed by atoms with van der Waals surface area (Å²) >= 11 is 10.4. The highest BCUT2D eigenvalue weighted by Crippen LogP contribution is 2.45. The summed E-state index contributed by atoms with van der Waals surface area (Å²) < 4.78 is 6.52. The smallest absolute Gasteiger partial charge is 0.119 e. The minimum atomic E-state index is 0.196. The number of hydrogen-bond donors (Lipinski definition) is 0. The number of halogens is 2. The Morgan fingerprint density at radius 1 is 1.33 bits per heavy atom. The Morgan fingerprint density at radius 2 is 2.05 bits per heavy atom. The maximum atomic E-state index is 6.69. The maximum Gasteiger partial charge on any atom is 0.119 e. The highest BCUT2D eigenvalue weighted by Gasteiger charge is 2.38. The van der Waals surface area contributed by atoms with Crippen molar-refractivity contribution in [2.45, 2.75) is 51.8 Å². The Kier molecular flexibility index (Phi) is 5.65. The molecule has 1 fully saturated rings. The van der Waals surface area contributed by atoms with E-state index in [-0.39, 0.29) is 5.41 Å². The largest absolute Gasteiger partial charge is 0.497 e. The number of hydrogen-bond acceptors (Lipinski definition) is 1. The van der Waals surface area contributed by atoms with Crippen molar-refractivity contribution in [2.24, 2.45) is 17.3 Å². The van der Waals surface area contributed by atoms with E-state index in [0.717, 1.165) is 29.0 Å². The Balaban J connectivity index is 2.17. The lowest BCUT2D eigenvalue weighted by atomic mass is 9.66. The zero-order valence-electron chi connectivity index (χ0n) is 13.5. The molecule has 1 aromatic rings. The van der Waals surface area contributed by atoms with E-state index in [9.17, 15) is 0 Å². The topological polar surface area (TPSA) is 9.23 Å². The fraction of sp³-hybridized carbons (Fsp3) is 0.667. The summed E-state index contributed by atoms with van der Waals surface area (Å²) in [6, 6.07) is 6.21. The quantitative estimate of drug-likeness (QED) is 0.582. The van der Waals surface area contributed by atoms with E-state index in [1.54, 1.807) is 7.11 Å². The minimum absolute atomic E-state index is 0.196. The van der Waals surface area contributed by atoms with Crippen LogP contribution in [0.5, 0.6) is 5.75 Å². The second-order valence-corrected chi connectivity index (χ2v) is 8.58. The monoisotopic (exact) mass is 372 g/mol. The molecule has 0 heterocycles. The molecule has 1 aliphatic carbocycles. The van der Waals surface area contributed by atoms with Crippen molar-refractivity contribution in [1.82, 2.24) is 0 Å². The fourth-order valence-electron chi connectivity index (χ4n) is 3.63. The molecule has 21 heavy (non-hydrogen) atoms. The number of ether oxygens (including phenoxy) is 1. The van der Waals surface area contributed by atoms with Gasteiger partial charge in [-0.1, -0.05) is 43.1 Å². The molecule has 3 atom stereocenters. The first kappa shape index (κ1) is 17.1. The minimum Gasteiger partial charge on any atom is -0.497 e. The zero-order chi connectivity index (χ0) is 15.6. The van der Waals surface area contributed by atoms with Crippen LogP contribution in [0.25, 0.3) is 0 Å². The summed E-state index contributed by atoms with van der Waals surface area (Å²) in [6.07, 6.45) is 4.71. The van der Waals surface area contributed by atoms with Gasteiger partial charge in [0.15, 0.2) is 0 Å². The van der Waals surface area contributed by atoms with Gasteiger partial charge in [-0.15, -0.1) is 11.6 Å². The lowest BCUT2D eigenvalue weighted by Crippen LogP contribution is -2.37. The molecule has 3 unspecified atom stereocenters. The van der Waals surface area contributed by atoms with E-state index in [2.05, 4.69) is 48.8 Å². The standard InChI is InChI=1S/C18H26BrClO/c1-12-5-7-15(17(20)9-12)18(2,3)11-13-10-14(21-4)6-8-16(13)19/h6,8,10,12,15,17H,5,7,9,11H2,1-4H3. The van der Waals surface area contributed by atoms with Crippen molar-refractivity contribution in [3.05, 3.63) is 28.2 Å². The molecule has 1 aromatic carbocycles. The van der Waals surface area contributed by atoms with E-state index in [1.807, 2.05) is 6.07 Å². The van der Waals surface area contributed by atoms with Crippen LogP contribution in [0, 0.1) is 17.3 Å². The van der Waals surface area contributed by atoms with Gasteiger partial charge >= 0.3 is 0 Å². The molecular formula is C18H26BrClO. The number of methoxy groups -OCH3 is 1. The molecule has 1 nitrogen and oxygen atoms in total. The molecule has 0 aliphatic heterocycles. The van der Waals surface area contributed by atoms with Gasteiger partial charge in [-0.2, -0.15) is 0 Å². The van der Waals surface area contributed by atoms with Crippen molar-refractivity contribution in [3.8, 4) is 5.75 Å². The molecule has 2 rings (SSSR count). The second-order valence-electron chi connectivity index (χ2n) is 7.16. The van der Waals surface area contributed by atoms with Gasteiger partial charge < -0.3 is 4.74 Å². The first-order valence-electron chi connectivity index (χ1n) is 7.80. The molecule has 1 aliphatic rings. The van der Waals surface area contributed by atoms with Crippen molar-refractivity contribution in [1.29, 1.82) is 0 Å². The van der Waals surface area contributed by atoms with Gasteiger partial charge in [0.05, 0.1) is 7.11 Å². The third kappa shape index (κ3) is 4.16. The molecule has 0 N–H and O–H groups in total. The molecule has 0 bridgehead atoms. The fourth-order valence-corrected chi connectivity index (χ4v) is 4.79. The molecule has 1 saturated carbocycles. The molecule has 118 valence electrons. The molecule has 0 radical (unpaired) electrons. The molecule has 0 spiro atoms. The Labute approximate surface area is 142 Å². The van der Waals surface area contributed by atoms with Gasteiger partial charge in [-0.25, -0.2) is 0 Å². The van der Waals surface area contributed by atoms with Crippen molar-refractivity contribution in [2.75, 3.05) is 7.11 Å². The first-order valence-corrected chi connectivity index (χ1v) is 9.03. The van der Waals surface area contributed by atoms with Crippen LogP contribution in [-0.4, -0.2) is 12.5 Å². The van der Waals surface area contributed by atoms with Crippen LogP contribution in [-0.2, 0) is 6.42 Å². The number of benzene rings is 1. The average Bonchev–Trinajstić information content (AvgIpc) is 2.40. The van der Waals surface area contributed by atoms with E-state index >= 15 is 0 Å². The Morgan fingerprint density at radius 3 is 2.67 bits per heavy atom. The summed E-state index contributed by atoms with van der Waals surface area (Å²) in [4.78, 5) is 0. The maximum absolute atomic E-state index is 6.69. The summed E-state index contributed by atoms with van der Waals surface area (Å²) in [7, 11) is 1.72. The van der Waals surface area contributed by atoms with E-state index in [1.165, 1.54) is 18.4 Å². The Hall–Kier alpha value is -0.210. The molecule has 3 heteroatoms. The van der Waals surface area contributed by atoms with Crippen LogP contribution in [0.2, 0.25) is 0 Å². The van der Waals surface area contributed by atoms with E-state index in [0.29, 0.717) is 11.3 Å². The predicted octanol–water partition coefficient (Wildman–Crippen LogP) is 6.07. The zero-order valence-corrected chi connectivity index (χ0v) is 15.8. The first-order chi connectivity index (χ1) is 9.83.